The molecule has 1 saturated carbocycles. The van der Waals surface area contributed by atoms with Gasteiger partial charge in [-0.3, -0.25) is 9.59 Å². The third-order valence-corrected chi connectivity index (χ3v) is 4.71. The average molecular weight is 308 g/mol. The van der Waals surface area contributed by atoms with E-state index < -0.39 is 6.23 Å². The van der Waals surface area contributed by atoms with Crippen LogP contribution in [0.5, 0.6) is 0 Å². The van der Waals surface area contributed by atoms with Crippen LogP contribution in [0.15, 0.2) is 12.2 Å². The van der Waals surface area contributed by atoms with Crippen molar-refractivity contribution in [2.75, 3.05) is 13.1 Å². The van der Waals surface area contributed by atoms with Gasteiger partial charge in [0.15, 0.2) is 0 Å². The normalized spacial score (nSPS) is 28.5. The summed E-state index contributed by atoms with van der Waals surface area (Å²) in [6, 6.07) is 0. The van der Waals surface area contributed by atoms with Gasteiger partial charge in [0.2, 0.25) is 11.8 Å². The minimum Gasteiger partial charge on any atom is -0.370 e. The standard InChI is InChI=1S/C17H28N2O3/c1-12(2)9-10-18-17(22)14-5-3-13(4-6-14)11-19-15(20)7-8-16(19)21/h7-8,12-15,20H,3-6,9-11H2,1-2H3,(H,18,22)/t13-,14-,15?. The van der Waals surface area contributed by atoms with Crippen LogP contribution >= 0.6 is 0 Å². The zero-order valence-electron chi connectivity index (χ0n) is 13.6. The highest BCUT2D eigenvalue weighted by atomic mass is 16.3. The zero-order chi connectivity index (χ0) is 16.1. The number of carbonyl (C=O) groups is 2. The van der Waals surface area contributed by atoms with Crippen molar-refractivity contribution in [2.45, 2.75) is 52.2 Å². The Kier molecular flexibility index (Phi) is 6.00. The minimum atomic E-state index is -0.774. The molecule has 1 aliphatic carbocycles. The summed E-state index contributed by atoms with van der Waals surface area (Å²) in [4.78, 5) is 25.2. The van der Waals surface area contributed by atoms with E-state index in [2.05, 4.69) is 19.2 Å². The molecule has 0 aromatic heterocycles. The Morgan fingerprint density at radius 3 is 2.59 bits per heavy atom. The summed E-state index contributed by atoms with van der Waals surface area (Å²) < 4.78 is 0. The summed E-state index contributed by atoms with van der Waals surface area (Å²) in [5.41, 5.74) is 0. The molecule has 22 heavy (non-hydrogen) atoms. The fourth-order valence-corrected chi connectivity index (χ4v) is 3.21. The molecular formula is C17H28N2O3. The third kappa shape index (κ3) is 4.57. The van der Waals surface area contributed by atoms with Crippen LogP contribution < -0.4 is 5.32 Å². The molecule has 0 aromatic carbocycles. The molecule has 124 valence electrons. The molecule has 1 unspecified atom stereocenters. The van der Waals surface area contributed by atoms with Crippen LogP contribution in [0.4, 0.5) is 0 Å². The van der Waals surface area contributed by atoms with Gasteiger partial charge < -0.3 is 15.3 Å². The van der Waals surface area contributed by atoms with E-state index in [0.717, 1.165) is 38.6 Å². The number of aliphatic hydroxyl groups excluding tert-OH is 1. The van der Waals surface area contributed by atoms with E-state index in [0.29, 0.717) is 18.4 Å². The number of hydrogen-bond acceptors (Lipinski definition) is 3. The van der Waals surface area contributed by atoms with E-state index in [1.54, 1.807) is 0 Å². The van der Waals surface area contributed by atoms with Crippen LogP contribution in [0.1, 0.15) is 46.0 Å². The molecule has 1 heterocycles. The summed E-state index contributed by atoms with van der Waals surface area (Å²) in [5.74, 6) is 1.17. The molecule has 2 aliphatic rings. The molecule has 1 aliphatic heterocycles. The van der Waals surface area contributed by atoms with Gasteiger partial charge in [0.05, 0.1) is 0 Å². The molecule has 5 heteroatoms. The van der Waals surface area contributed by atoms with Crippen LogP contribution in [0, 0.1) is 17.8 Å². The van der Waals surface area contributed by atoms with Crippen LogP contribution in [0.3, 0.4) is 0 Å². The first-order valence-electron chi connectivity index (χ1n) is 8.42. The second kappa shape index (κ2) is 7.77. The van der Waals surface area contributed by atoms with Gasteiger partial charge in [-0.2, -0.15) is 0 Å². The van der Waals surface area contributed by atoms with Crippen molar-refractivity contribution in [3.63, 3.8) is 0 Å². The summed E-state index contributed by atoms with van der Waals surface area (Å²) >= 11 is 0. The lowest BCUT2D eigenvalue weighted by molar-refractivity contribution is -0.132. The Balaban J connectivity index is 1.69. The highest BCUT2D eigenvalue weighted by Crippen LogP contribution is 2.30. The molecule has 2 N–H and O–H groups in total. The molecular weight excluding hydrogens is 280 g/mol. The fourth-order valence-electron chi connectivity index (χ4n) is 3.21. The zero-order valence-corrected chi connectivity index (χ0v) is 13.6. The molecule has 1 fully saturated rings. The lowest BCUT2D eigenvalue weighted by Gasteiger charge is -2.31. The molecule has 2 amide bonds. The van der Waals surface area contributed by atoms with Crippen LogP contribution in [-0.4, -0.2) is 41.1 Å². The lowest BCUT2D eigenvalue weighted by atomic mass is 9.81. The average Bonchev–Trinajstić information content (AvgIpc) is 2.79. The first kappa shape index (κ1) is 17.0. The maximum Gasteiger partial charge on any atom is 0.248 e. The third-order valence-electron chi connectivity index (χ3n) is 4.71. The van der Waals surface area contributed by atoms with Gasteiger partial charge in [0.1, 0.15) is 6.23 Å². The maximum atomic E-state index is 12.1. The summed E-state index contributed by atoms with van der Waals surface area (Å²) in [5, 5.41) is 12.8. The monoisotopic (exact) mass is 308 g/mol. The molecule has 0 bridgehead atoms. The Morgan fingerprint density at radius 1 is 1.36 bits per heavy atom. The van der Waals surface area contributed by atoms with Crippen LogP contribution in [0.2, 0.25) is 0 Å². The largest absolute Gasteiger partial charge is 0.370 e. The number of aliphatic hydroxyl groups is 1. The number of nitrogens with zero attached hydrogens (tertiary/aromatic N) is 1. The van der Waals surface area contributed by atoms with Gasteiger partial charge in [-0.25, -0.2) is 0 Å². The molecule has 0 saturated heterocycles. The molecule has 0 spiro atoms. The first-order valence-corrected chi connectivity index (χ1v) is 8.42. The number of rotatable bonds is 6. The van der Waals surface area contributed by atoms with Crippen molar-refractivity contribution in [3.05, 3.63) is 12.2 Å². The van der Waals surface area contributed by atoms with Crippen molar-refractivity contribution in [2.24, 2.45) is 17.8 Å². The molecule has 2 rings (SSSR count). The van der Waals surface area contributed by atoms with Crippen LogP contribution in [0.25, 0.3) is 0 Å². The smallest absolute Gasteiger partial charge is 0.248 e. The quantitative estimate of drug-likeness (QED) is 0.784. The number of nitrogens with one attached hydrogen (secondary N) is 1. The SMILES string of the molecule is CC(C)CCNC(=O)[C@H]1CC[C@H](CN2C(=O)C=CC2O)CC1. The van der Waals surface area contributed by atoms with E-state index in [9.17, 15) is 14.7 Å². The molecule has 0 aromatic rings. The van der Waals surface area contributed by atoms with Crippen molar-refractivity contribution >= 4 is 11.8 Å². The molecule has 0 radical (unpaired) electrons. The Hall–Kier alpha value is -1.36. The van der Waals surface area contributed by atoms with Gasteiger partial charge in [0.25, 0.3) is 0 Å². The van der Waals surface area contributed by atoms with Gasteiger partial charge >= 0.3 is 0 Å². The van der Waals surface area contributed by atoms with Gasteiger partial charge in [-0.15, -0.1) is 0 Å². The number of amides is 2. The summed E-state index contributed by atoms with van der Waals surface area (Å²) in [7, 11) is 0. The highest BCUT2D eigenvalue weighted by molar-refractivity contribution is 5.90. The van der Waals surface area contributed by atoms with Gasteiger partial charge in [-0.1, -0.05) is 13.8 Å². The maximum absolute atomic E-state index is 12.1. The molecule has 1 atom stereocenters. The van der Waals surface area contributed by atoms with Crippen LogP contribution in [-0.2, 0) is 9.59 Å². The number of hydrogen-bond donors (Lipinski definition) is 2. The Morgan fingerprint density at radius 2 is 2.05 bits per heavy atom. The Labute approximate surface area is 132 Å². The van der Waals surface area contributed by atoms with Gasteiger partial charge in [0, 0.05) is 25.1 Å². The topological polar surface area (TPSA) is 69.6 Å². The van der Waals surface area contributed by atoms with Crippen molar-refractivity contribution in [1.29, 1.82) is 0 Å². The van der Waals surface area contributed by atoms with E-state index in [1.165, 1.54) is 17.1 Å². The summed E-state index contributed by atoms with van der Waals surface area (Å²) in [6.45, 7) is 5.66. The predicted molar refractivity (Wildman–Crippen MR) is 84.8 cm³/mol. The Bertz CT molecular complexity index is 426. The van der Waals surface area contributed by atoms with Crippen molar-refractivity contribution < 1.29 is 14.7 Å². The van der Waals surface area contributed by atoms with E-state index in [-0.39, 0.29) is 17.7 Å². The van der Waals surface area contributed by atoms with E-state index >= 15 is 0 Å². The second-order valence-corrected chi connectivity index (χ2v) is 6.95. The highest BCUT2D eigenvalue weighted by Gasteiger charge is 2.31. The lowest BCUT2D eigenvalue weighted by Crippen LogP contribution is -2.40. The van der Waals surface area contributed by atoms with Gasteiger partial charge in [-0.05, 0) is 50.0 Å². The second-order valence-electron chi connectivity index (χ2n) is 6.95. The molecule has 5 nitrogen and oxygen atoms in total. The predicted octanol–water partition coefficient (Wildman–Crippen LogP) is 1.67. The van der Waals surface area contributed by atoms with Crippen molar-refractivity contribution in [1.82, 2.24) is 10.2 Å². The van der Waals surface area contributed by atoms with Crippen molar-refractivity contribution in [3.8, 4) is 0 Å². The number of carbonyl (C=O) groups excluding carboxylic acids is 2. The minimum absolute atomic E-state index is 0.110. The summed E-state index contributed by atoms with van der Waals surface area (Å²) in [6.07, 6.45) is 6.84. The first-order chi connectivity index (χ1) is 10.5. The van der Waals surface area contributed by atoms with E-state index in [1.807, 2.05) is 0 Å². The van der Waals surface area contributed by atoms with E-state index in [4.69, 9.17) is 0 Å². The fraction of sp³-hybridized carbons (Fsp3) is 0.765.